The van der Waals surface area contributed by atoms with Crippen LogP contribution in [0.15, 0.2) is 11.4 Å². The van der Waals surface area contributed by atoms with Crippen LogP contribution in [-0.2, 0) is 0 Å². The smallest absolute Gasteiger partial charge is 0.115 e. The highest BCUT2D eigenvalue weighted by Gasteiger charge is 1.86. The zero-order valence-corrected chi connectivity index (χ0v) is 5.23. The highest BCUT2D eigenvalue weighted by atomic mass is 14.7. The number of allylic oxidation sites excluding steroid dienone is 2. The molecule has 0 unspecified atom stereocenters. The molecule has 0 aromatic carbocycles. The Balaban J connectivity index is 4.47. The van der Waals surface area contributed by atoms with Crippen molar-refractivity contribution in [3.05, 3.63) is 11.4 Å². The SMILES string of the molecule is C#C/C(N)=C(/N)C#CC. The minimum Gasteiger partial charge on any atom is -0.390 e. The van der Waals surface area contributed by atoms with Gasteiger partial charge in [-0.3, -0.25) is 0 Å². The van der Waals surface area contributed by atoms with Gasteiger partial charge < -0.3 is 11.5 Å². The predicted molar refractivity (Wildman–Crippen MR) is 37.7 cm³/mol. The summed E-state index contributed by atoms with van der Waals surface area (Å²) in [7, 11) is 0. The van der Waals surface area contributed by atoms with Gasteiger partial charge in [-0.1, -0.05) is 11.8 Å². The van der Waals surface area contributed by atoms with Crippen LogP contribution >= 0.6 is 0 Å². The van der Waals surface area contributed by atoms with Gasteiger partial charge >= 0.3 is 0 Å². The lowest BCUT2D eigenvalue weighted by Crippen LogP contribution is -2.05. The van der Waals surface area contributed by atoms with Crippen LogP contribution < -0.4 is 11.5 Å². The maximum atomic E-state index is 5.28. The van der Waals surface area contributed by atoms with Gasteiger partial charge in [-0.15, -0.1) is 6.42 Å². The second-order valence-corrected chi connectivity index (χ2v) is 1.35. The third kappa shape index (κ3) is 2.31. The molecule has 0 rings (SSSR count). The molecular weight excluding hydrogens is 112 g/mol. The van der Waals surface area contributed by atoms with E-state index in [2.05, 4.69) is 17.8 Å². The number of nitrogens with two attached hydrogens (primary N) is 2. The highest BCUT2D eigenvalue weighted by molar-refractivity contribution is 5.37. The Morgan fingerprint density at radius 1 is 1.33 bits per heavy atom. The molecule has 0 amide bonds. The normalized spacial score (nSPS) is 10.2. The molecule has 2 heteroatoms. The van der Waals surface area contributed by atoms with Crippen LogP contribution in [0.2, 0.25) is 0 Å². The number of hydrogen-bond donors (Lipinski definition) is 2. The molecule has 0 aliphatic heterocycles. The van der Waals surface area contributed by atoms with Gasteiger partial charge in [-0.2, -0.15) is 0 Å². The Labute approximate surface area is 54.9 Å². The quantitative estimate of drug-likeness (QED) is 0.434. The van der Waals surface area contributed by atoms with Crippen molar-refractivity contribution < 1.29 is 0 Å². The molecule has 0 bridgehead atoms. The average Bonchev–Trinajstić information content (AvgIpc) is 1.87. The van der Waals surface area contributed by atoms with E-state index in [-0.39, 0.29) is 11.4 Å². The first-order valence-electron chi connectivity index (χ1n) is 2.37. The molecule has 0 heterocycles. The standard InChI is InChI=1S/C7H8N2/c1-3-5-7(9)6(8)4-2/h2H,8-9H2,1H3/b7-6-. The third-order valence-corrected chi connectivity index (χ3v) is 0.705. The summed E-state index contributed by atoms with van der Waals surface area (Å²) in [6.45, 7) is 1.66. The van der Waals surface area contributed by atoms with E-state index < -0.39 is 0 Å². The molecule has 0 saturated heterocycles. The summed E-state index contributed by atoms with van der Waals surface area (Å²) in [5, 5.41) is 0. The molecule has 0 aliphatic carbocycles. The zero-order valence-electron chi connectivity index (χ0n) is 5.23. The van der Waals surface area contributed by atoms with Crippen LogP contribution in [-0.4, -0.2) is 0 Å². The highest BCUT2D eigenvalue weighted by Crippen LogP contribution is 1.84. The van der Waals surface area contributed by atoms with Crippen LogP contribution in [0.3, 0.4) is 0 Å². The largest absolute Gasteiger partial charge is 0.390 e. The molecule has 0 aromatic heterocycles. The molecule has 0 fully saturated rings. The molecule has 0 aliphatic rings. The van der Waals surface area contributed by atoms with Crippen molar-refractivity contribution in [3.8, 4) is 24.2 Å². The molecule has 46 valence electrons. The molecule has 0 spiro atoms. The van der Waals surface area contributed by atoms with Crippen molar-refractivity contribution in [2.75, 3.05) is 0 Å². The van der Waals surface area contributed by atoms with Crippen molar-refractivity contribution >= 4 is 0 Å². The summed E-state index contributed by atoms with van der Waals surface area (Å²) < 4.78 is 0. The predicted octanol–water partition coefficient (Wildman–Crippen LogP) is -0.228. The van der Waals surface area contributed by atoms with E-state index in [9.17, 15) is 0 Å². The van der Waals surface area contributed by atoms with E-state index in [0.717, 1.165) is 0 Å². The minimum atomic E-state index is 0.198. The maximum absolute atomic E-state index is 5.28. The summed E-state index contributed by atoms with van der Waals surface area (Å²) in [5.41, 5.74) is 11.0. The van der Waals surface area contributed by atoms with Crippen LogP contribution in [0, 0.1) is 24.2 Å². The summed E-state index contributed by atoms with van der Waals surface area (Å²) in [6.07, 6.45) is 4.92. The lowest BCUT2D eigenvalue weighted by molar-refractivity contribution is 1.32. The molecule has 0 aromatic rings. The molecule has 2 nitrogen and oxygen atoms in total. The summed E-state index contributed by atoms with van der Waals surface area (Å²) >= 11 is 0. The first kappa shape index (κ1) is 7.46. The average molecular weight is 120 g/mol. The fourth-order valence-electron chi connectivity index (χ4n) is 0.280. The zero-order chi connectivity index (χ0) is 7.28. The lowest BCUT2D eigenvalue weighted by atomic mass is 10.3. The molecule has 0 atom stereocenters. The third-order valence-electron chi connectivity index (χ3n) is 0.705. The Kier molecular flexibility index (Phi) is 2.87. The first-order chi connectivity index (χ1) is 4.22. The minimum absolute atomic E-state index is 0.198. The van der Waals surface area contributed by atoms with E-state index in [1.54, 1.807) is 6.92 Å². The van der Waals surface area contributed by atoms with E-state index in [1.807, 2.05) is 0 Å². The topological polar surface area (TPSA) is 52.0 Å². The summed E-state index contributed by atoms with van der Waals surface area (Å²) in [4.78, 5) is 0. The van der Waals surface area contributed by atoms with Gasteiger partial charge in [0.05, 0.1) is 0 Å². The Morgan fingerprint density at radius 2 is 1.89 bits per heavy atom. The van der Waals surface area contributed by atoms with Crippen molar-refractivity contribution in [2.24, 2.45) is 11.5 Å². The molecule has 9 heavy (non-hydrogen) atoms. The Bertz CT molecular complexity index is 220. The fraction of sp³-hybridized carbons (Fsp3) is 0.143. The lowest BCUT2D eigenvalue weighted by Gasteiger charge is -1.88. The maximum Gasteiger partial charge on any atom is 0.115 e. The number of terminal acetylenes is 1. The number of hydrogen-bond acceptors (Lipinski definition) is 2. The van der Waals surface area contributed by atoms with Gasteiger partial charge in [-0.05, 0) is 12.8 Å². The van der Waals surface area contributed by atoms with Gasteiger partial charge in [0.25, 0.3) is 0 Å². The Morgan fingerprint density at radius 3 is 2.22 bits per heavy atom. The molecular formula is C7H8N2. The molecule has 0 radical (unpaired) electrons. The van der Waals surface area contributed by atoms with Crippen molar-refractivity contribution in [3.63, 3.8) is 0 Å². The molecule has 0 saturated carbocycles. The van der Waals surface area contributed by atoms with E-state index in [4.69, 9.17) is 17.9 Å². The van der Waals surface area contributed by atoms with Crippen LogP contribution in [0.25, 0.3) is 0 Å². The van der Waals surface area contributed by atoms with Gasteiger partial charge in [-0.25, -0.2) is 0 Å². The summed E-state index contributed by atoms with van der Waals surface area (Å²) in [5.74, 6) is 7.29. The monoisotopic (exact) mass is 120 g/mol. The second kappa shape index (κ2) is 3.46. The van der Waals surface area contributed by atoms with E-state index in [0.29, 0.717) is 0 Å². The van der Waals surface area contributed by atoms with Crippen LogP contribution in [0.1, 0.15) is 6.92 Å². The van der Waals surface area contributed by atoms with Gasteiger partial charge in [0.1, 0.15) is 11.4 Å². The van der Waals surface area contributed by atoms with Crippen LogP contribution in [0.5, 0.6) is 0 Å². The van der Waals surface area contributed by atoms with Gasteiger partial charge in [0.15, 0.2) is 0 Å². The Hall–Kier alpha value is -1.54. The van der Waals surface area contributed by atoms with E-state index in [1.165, 1.54) is 0 Å². The number of rotatable bonds is 0. The van der Waals surface area contributed by atoms with Crippen molar-refractivity contribution in [2.45, 2.75) is 6.92 Å². The van der Waals surface area contributed by atoms with Crippen molar-refractivity contribution in [1.29, 1.82) is 0 Å². The van der Waals surface area contributed by atoms with E-state index >= 15 is 0 Å². The second-order valence-electron chi connectivity index (χ2n) is 1.35. The molecule has 4 N–H and O–H groups in total. The summed E-state index contributed by atoms with van der Waals surface area (Å²) in [6, 6.07) is 0. The fourth-order valence-corrected chi connectivity index (χ4v) is 0.280. The van der Waals surface area contributed by atoms with Gasteiger partial charge in [0.2, 0.25) is 0 Å². The van der Waals surface area contributed by atoms with Crippen LogP contribution in [0.4, 0.5) is 0 Å². The van der Waals surface area contributed by atoms with Crippen molar-refractivity contribution in [1.82, 2.24) is 0 Å². The first-order valence-corrected chi connectivity index (χ1v) is 2.37. The van der Waals surface area contributed by atoms with Gasteiger partial charge in [0, 0.05) is 0 Å².